The van der Waals surface area contributed by atoms with Crippen molar-refractivity contribution in [2.45, 2.75) is 38.1 Å². The van der Waals surface area contributed by atoms with Crippen LogP contribution in [0.15, 0.2) is 22.7 Å². The molecule has 1 aromatic rings. The number of halogens is 1. The number of benzene rings is 1. The van der Waals surface area contributed by atoms with Gasteiger partial charge in [-0.2, -0.15) is 0 Å². The third-order valence-electron chi connectivity index (χ3n) is 4.99. The molecular formula is C17H25BrN2. The molecule has 1 N–H and O–H groups in total. The topological polar surface area (TPSA) is 15.3 Å². The zero-order chi connectivity index (χ0) is 13.9. The van der Waals surface area contributed by atoms with E-state index in [1.807, 2.05) is 0 Å². The highest BCUT2D eigenvalue weighted by Gasteiger charge is 2.24. The van der Waals surface area contributed by atoms with Gasteiger partial charge in [0.05, 0.1) is 0 Å². The highest BCUT2D eigenvalue weighted by molar-refractivity contribution is 9.10. The van der Waals surface area contributed by atoms with Gasteiger partial charge in [0, 0.05) is 10.5 Å². The van der Waals surface area contributed by atoms with Gasteiger partial charge >= 0.3 is 0 Å². The second kappa shape index (κ2) is 6.59. The Morgan fingerprint density at radius 2 is 2.05 bits per heavy atom. The van der Waals surface area contributed by atoms with Crippen LogP contribution in [0, 0.1) is 5.92 Å². The lowest BCUT2D eigenvalue weighted by atomic mass is 9.93. The molecule has 20 heavy (non-hydrogen) atoms. The fourth-order valence-corrected chi connectivity index (χ4v) is 4.21. The average molecular weight is 337 g/mol. The van der Waals surface area contributed by atoms with Crippen LogP contribution in [0.25, 0.3) is 0 Å². The first-order valence-corrected chi connectivity index (χ1v) is 8.72. The van der Waals surface area contributed by atoms with Crippen LogP contribution in [-0.4, -0.2) is 31.6 Å². The molecule has 0 spiro atoms. The second-order valence-corrected chi connectivity index (χ2v) is 7.24. The Balaban J connectivity index is 1.48. The molecule has 1 heterocycles. The molecule has 1 saturated heterocycles. The summed E-state index contributed by atoms with van der Waals surface area (Å²) in [5, 5.41) is 3.79. The predicted molar refractivity (Wildman–Crippen MR) is 88.0 cm³/mol. The lowest BCUT2D eigenvalue weighted by Crippen LogP contribution is -2.32. The van der Waals surface area contributed by atoms with E-state index >= 15 is 0 Å². The van der Waals surface area contributed by atoms with Gasteiger partial charge in [0.2, 0.25) is 0 Å². The Bertz CT molecular complexity index is 452. The molecule has 1 aromatic carbocycles. The molecule has 1 aliphatic carbocycles. The maximum atomic E-state index is 3.79. The Morgan fingerprint density at radius 3 is 2.85 bits per heavy atom. The van der Waals surface area contributed by atoms with E-state index in [9.17, 15) is 0 Å². The smallest absolute Gasteiger partial charge is 0.0326 e. The molecule has 1 fully saturated rings. The SMILES string of the molecule is CN1CCC(CCNC2CCc3c(Br)cccc32)CC1. The number of hydrogen-bond acceptors (Lipinski definition) is 2. The molecule has 0 radical (unpaired) electrons. The first-order chi connectivity index (χ1) is 9.74. The molecular weight excluding hydrogens is 312 g/mol. The largest absolute Gasteiger partial charge is 0.310 e. The highest BCUT2D eigenvalue weighted by atomic mass is 79.9. The third kappa shape index (κ3) is 3.26. The predicted octanol–water partition coefficient (Wildman–Crippen LogP) is 3.76. The summed E-state index contributed by atoms with van der Waals surface area (Å²) in [4.78, 5) is 2.45. The number of fused-ring (bicyclic) bond motifs is 1. The number of hydrogen-bond donors (Lipinski definition) is 1. The summed E-state index contributed by atoms with van der Waals surface area (Å²) in [6.07, 6.45) is 6.57. The number of likely N-dealkylation sites (tertiary alicyclic amines) is 1. The Labute approximate surface area is 131 Å². The first kappa shape index (κ1) is 14.6. The Kier molecular flexibility index (Phi) is 4.79. The van der Waals surface area contributed by atoms with Crippen molar-refractivity contribution < 1.29 is 0 Å². The summed E-state index contributed by atoms with van der Waals surface area (Å²) in [5.41, 5.74) is 3.03. The van der Waals surface area contributed by atoms with Crippen molar-refractivity contribution in [3.8, 4) is 0 Å². The first-order valence-electron chi connectivity index (χ1n) is 7.93. The maximum Gasteiger partial charge on any atom is 0.0326 e. The van der Waals surface area contributed by atoms with E-state index in [0.717, 1.165) is 5.92 Å². The van der Waals surface area contributed by atoms with Gasteiger partial charge in [0.25, 0.3) is 0 Å². The lowest BCUT2D eigenvalue weighted by Gasteiger charge is -2.29. The van der Waals surface area contributed by atoms with Gasteiger partial charge < -0.3 is 10.2 Å². The zero-order valence-electron chi connectivity index (χ0n) is 12.4. The summed E-state index contributed by atoms with van der Waals surface area (Å²) in [7, 11) is 2.24. The van der Waals surface area contributed by atoms with Crippen molar-refractivity contribution in [3.05, 3.63) is 33.8 Å². The quantitative estimate of drug-likeness (QED) is 0.900. The summed E-state index contributed by atoms with van der Waals surface area (Å²) in [6, 6.07) is 7.20. The van der Waals surface area contributed by atoms with E-state index in [-0.39, 0.29) is 0 Å². The minimum atomic E-state index is 0.578. The van der Waals surface area contributed by atoms with Crippen molar-refractivity contribution in [2.75, 3.05) is 26.7 Å². The number of nitrogens with one attached hydrogen (secondary N) is 1. The van der Waals surface area contributed by atoms with Crippen molar-refractivity contribution in [1.82, 2.24) is 10.2 Å². The van der Waals surface area contributed by atoms with Crippen LogP contribution >= 0.6 is 15.9 Å². The van der Waals surface area contributed by atoms with Crippen LogP contribution in [0.2, 0.25) is 0 Å². The Morgan fingerprint density at radius 1 is 1.25 bits per heavy atom. The van der Waals surface area contributed by atoms with Crippen LogP contribution in [0.4, 0.5) is 0 Å². The molecule has 0 bridgehead atoms. The molecule has 110 valence electrons. The average Bonchev–Trinajstić information content (AvgIpc) is 2.86. The van der Waals surface area contributed by atoms with Crippen LogP contribution in [-0.2, 0) is 6.42 Å². The fourth-order valence-electron chi connectivity index (χ4n) is 3.63. The summed E-state index contributed by atoms with van der Waals surface area (Å²) >= 11 is 3.68. The van der Waals surface area contributed by atoms with Crippen molar-refractivity contribution >= 4 is 15.9 Å². The number of nitrogens with zero attached hydrogens (tertiary/aromatic N) is 1. The minimum absolute atomic E-state index is 0.578. The van der Waals surface area contributed by atoms with Crippen molar-refractivity contribution in [2.24, 2.45) is 5.92 Å². The third-order valence-corrected chi connectivity index (χ3v) is 5.74. The fraction of sp³-hybridized carbons (Fsp3) is 0.647. The van der Waals surface area contributed by atoms with E-state index in [1.54, 1.807) is 0 Å². The monoisotopic (exact) mass is 336 g/mol. The summed E-state index contributed by atoms with van der Waals surface area (Å²) in [5.74, 6) is 0.932. The van der Waals surface area contributed by atoms with Crippen molar-refractivity contribution in [3.63, 3.8) is 0 Å². The van der Waals surface area contributed by atoms with Gasteiger partial charge in [-0.3, -0.25) is 0 Å². The van der Waals surface area contributed by atoms with Crippen LogP contribution in [0.1, 0.15) is 42.9 Å². The van der Waals surface area contributed by atoms with E-state index in [1.165, 1.54) is 67.3 Å². The van der Waals surface area contributed by atoms with Crippen LogP contribution in [0.3, 0.4) is 0 Å². The summed E-state index contributed by atoms with van der Waals surface area (Å²) < 4.78 is 1.29. The standard InChI is InChI=1S/C17H25BrN2/c1-20-11-8-13(9-12-20)7-10-19-17-6-5-14-15(17)3-2-4-16(14)18/h2-4,13,17,19H,5-12H2,1H3. The molecule has 1 unspecified atom stereocenters. The second-order valence-electron chi connectivity index (χ2n) is 6.39. The van der Waals surface area contributed by atoms with E-state index in [0.29, 0.717) is 6.04 Å². The minimum Gasteiger partial charge on any atom is -0.310 e. The molecule has 3 heteroatoms. The molecule has 0 amide bonds. The van der Waals surface area contributed by atoms with E-state index < -0.39 is 0 Å². The molecule has 1 aliphatic heterocycles. The van der Waals surface area contributed by atoms with Crippen LogP contribution in [0.5, 0.6) is 0 Å². The van der Waals surface area contributed by atoms with Gasteiger partial charge in [-0.05, 0) is 81.9 Å². The zero-order valence-corrected chi connectivity index (χ0v) is 14.0. The normalized spacial score (nSPS) is 24.0. The summed E-state index contributed by atoms with van der Waals surface area (Å²) in [6.45, 7) is 3.73. The van der Waals surface area contributed by atoms with Gasteiger partial charge in [-0.1, -0.05) is 28.1 Å². The maximum absolute atomic E-state index is 3.79. The number of rotatable bonds is 4. The van der Waals surface area contributed by atoms with E-state index in [2.05, 4.69) is 51.4 Å². The molecule has 0 saturated carbocycles. The highest BCUT2D eigenvalue weighted by Crippen LogP contribution is 2.35. The van der Waals surface area contributed by atoms with Gasteiger partial charge in [0.15, 0.2) is 0 Å². The lowest BCUT2D eigenvalue weighted by molar-refractivity contribution is 0.210. The Hall–Kier alpha value is -0.380. The van der Waals surface area contributed by atoms with Gasteiger partial charge in [-0.15, -0.1) is 0 Å². The van der Waals surface area contributed by atoms with Gasteiger partial charge in [-0.25, -0.2) is 0 Å². The van der Waals surface area contributed by atoms with Crippen molar-refractivity contribution in [1.29, 1.82) is 0 Å². The molecule has 2 aliphatic rings. The molecule has 3 rings (SSSR count). The molecule has 2 nitrogen and oxygen atoms in total. The molecule has 0 aromatic heterocycles. The number of piperidine rings is 1. The molecule has 1 atom stereocenters. The van der Waals surface area contributed by atoms with Crippen LogP contribution < -0.4 is 5.32 Å². The van der Waals surface area contributed by atoms with Gasteiger partial charge in [0.1, 0.15) is 0 Å². The van der Waals surface area contributed by atoms with E-state index in [4.69, 9.17) is 0 Å².